The van der Waals surface area contributed by atoms with Gasteiger partial charge in [0.2, 0.25) is 5.91 Å². The molecule has 8 nitrogen and oxygen atoms in total. The highest BCUT2D eigenvalue weighted by atomic mass is 16.5. The highest BCUT2D eigenvalue weighted by molar-refractivity contribution is 5.92. The maximum absolute atomic E-state index is 12.1. The average Bonchev–Trinajstić information content (AvgIpc) is 3.30. The fraction of sp³-hybridized carbons (Fsp3) is 0.174. The number of furan rings is 1. The fourth-order valence-electron chi connectivity index (χ4n) is 2.70. The molecule has 1 aromatic heterocycles. The normalized spacial score (nSPS) is 10.0. The van der Waals surface area contributed by atoms with Gasteiger partial charge in [-0.1, -0.05) is 24.3 Å². The molecule has 2 aromatic carbocycles. The summed E-state index contributed by atoms with van der Waals surface area (Å²) in [6.45, 7) is 0.430. The summed E-state index contributed by atoms with van der Waals surface area (Å²) >= 11 is 0. The summed E-state index contributed by atoms with van der Waals surface area (Å²) in [4.78, 5) is 23.8. The lowest BCUT2D eigenvalue weighted by Crippen LogP contribution is -2.38. The lowest BCUT2D eigenvalue weighted by atomic mass is 10.1. The van der Waals surface area contributed by atoms with Crippen molar-refractivity contribution in [2.75, 3.05) is 11.9 Å². The van der Waals surface area contributed by atoms with Crippen molar-refractivity contribution in [1.29, 1.82) is 5.26 Å². The van der Waals surface area contributed by atoms with E-state index in [2.05, 4.69) is 22.0 Å². The van der Waals surface area contributed by atoms with Gasteiger partial charge in [0.25, 0.3) is 0 Å². The van der Waals surface area contributed by atoms with E-state index in [1.54, 1.807) is 30.3 Å². The van der Waals surface area contributed by atoms with E-state index < -0.39 is 6.03 Å². The molecule has 3 N–H and O–H groups in total. The molecule has 31 heavy (non-hydrogen) atoms. The second-order valence-corrected chi connectivity index (χ2v) is 6.63. The molecule has 0 aliphatic rings. The van der Waals surface area contributed by atoms with Gasteiger partial charge in [-0.05, 0) is 47.5 Å². The molecule has 158 valence electrons. The third-order valence-corrected chi connectivity index (χ3v) is 4.25. The second kappa shape index (κ2) is 11.1. The number of anilines is 1. The largest absolute Gasteiger partial charge is 0.489 e. The molecule has 0 aliphatic heterocycles. The number of nitriles is 1. The summed E-state index contributed by atoms with van der Waals surface area (Å²) in [5.41, 5.74) is 2.38. The zero-order valence-electron chi connectivity index (χ0n) is 16.8. The molecule has 3 amide bonds. The van der Waals surface area contributed by atoms with Crippen LogP contribution in [0.5, 0.6) is 5.75 Å². The molecule has 1 heterocycles. The van der Waals surface area contributed by atoms with Crippen molar-refractivity contribution in [2.24, 2.45) is 0 Å². The zero-order valence-corrected chi connectivity index (χ0v) is 16.8. The third kappa shape index (κ3) is 7.25. The molecule has 0 saturated carbocycles. The van der Waals surface area contributed by atoms with E-state index in [0.717, 1.165) is 11.1 Å². The van der Waals surface area contributed by atoms with Gasteiger partial charge in [-0.15, -0.1) is 0 Å². The van der Waals surface area contributed by atoms with E-state index >= 15 is 0 Å². The van der Waals surface area contributed by atoms with E-state index in [-0.39, 0.29) is 19.0 Å². The van der Waals surface area contributed by atoms with Gasteiger partial charge in [0.1, 0.15) is 18.1 Å². The van der Waals surface area contributed by atoms with Crippen LogP contribution >= 0.6 is 0 Å². The summed E-state index contributed by atoms with van der Waals surface area (Å²) in [6, 6.07) is 19.7. The molecule has 3 aromatic rings. The molecular formula is C23H22N4O4. The highest BCUT2D eigenvalue weighted by Gasteiger charge is 2.07. The lowest BCUT2D eigenvalue weighted by Gasteiger charge is -2.10. The van der Waals surface area contributed by atoms with Gasteiger partial charge in [-0.25, -0.2) is 4.79 Å². The van der Waals surface area contributed by atoms with Crippen molar-refractivity contribution in [2.45, 2.75) is 19.6 Å². The van der Waals surface area contributed by atoms with Gasteiger partial charge in [0.15, 0.2) is 0 Å². The van der Waals surface area contributed by atoms with Crippen LogP contribution in [0.3, 0.4) is 0 Å². The monoisotopic (exact) mass is 418 g/mol. The molecule has 0 saturated heterocycles. The Balaban J connectivity index is 1.42. The Kier molecular flexibility index (Phi) is 7.66. The Labute approximate surface area is 179 Å². The number of urea groups is 1. The maximum atomic E-state index is 12.1. The summed E-state index contributed by atoms with van der Waals surface area (Å²) in [5.74, 6) is 1.00. The smallest absolute Gasteiger partial charge is 0.319 e. The van der Waals surface area contributed by atoms with Crippen LogP contribution in [0.1, 0.15) is 16.9 Å². The first kappa shape index (κ1) is 21.5. The number of hydrogen-bond acceptors (Lipinski definition) is 5. The number of carbonyl (C=O) groups is 2. The summed E-state index contributed by atoms with van der Waals surface area (Å²) in [5, 5.41) is 16.6. The minimum absolute atomic E-state index is 0.156. The van der Waals surface area contributed by atoms with Crippen LogP contribution in [-0.2, 0) is 24.4 Å². The van der Waals surface area contributed by atoms with Crippen LogP contribution in [0.15, 0.2) is 71.3 Å². The maximum Gasteiger partial charge on any atom is 0.319 e. The number of ether oxygens (including phenoxy) is 1. The zero-order chi connectivity index (χ0) is 21.9. The standard InChI is InChI=1S/C23H22N4O4/c24-11-10-17-6-8-20(9-7-17)31-16-18-3-1-4-19(13-18)27-23(29)26-15-22(28)25-14-21-5-2-12-30-21/h1-9,12-13H,10,14-16H2,(H,25,28)(H2,26,27,29). The molecule has 8 heteroatoms. The number of benzene rings is 2. The number of nitrogens with zero attached hydrogens (tertiary/aromatic N) is 1. The topological polar surface area (TPSA) is 116 Å². The molecule has 0 unspecified atom stereocenters. The first-order valence-corrected chi connectivity index (χ1v) is 9.64. The van der Waals surface area contributed by atoms with Crippen molar-refractivity contribution in [3.05, 3.63) is 83.8 Å². The first-order valence-electron chi connectivity index (χ1n) is 9.64. The molecule has 0 atom stereocenters. The van der Waals surface area contributed by atoms with E-state index in [1.165, 1.54) is 6.26 Å². The van der Waals surface area contributed by atoms with Gasteiger partial charge in [0.05, 0.1) is 31.8 Å². The van der Waals surface area contributed by atoms with E-state index in [4.69, 9.17) is 14.4 Å². The molecule has 3 rings (SSSR count). The first-order chi connectivity index (χ1) is 15.1. The Bertz CT molecular complexity index is 1040. The van der Waals surface area contributed by atoms with E-state index in [1.807, 2.05) is 30.3 Å². The van der Waals surface area contributed by atoms with Gasteiger partial charge in [-0.3, -0.25) is 4.79 Å². The van der Waals surface area contributed by atoms with Crippen LogP contribution in [-0.4, -0.2) is 18.5 Å². The Morgan fingerprint density at radius 1 is 1.00 bits per heavy atom. The molecular weight excluding hydrogens is 396 g/mol. The summed E-state index contributed by atoms with van der Waals surface area (Å²) in [6.07, 6.45) is 1.89. The van der Waals surface area contributed by atoms with Crippen LogP contribution in [0, 0.1) is 11.3 Å². The summed E-state index contributed by atoms with van der Waals surface area (Å²) < 4.78 is 10.9. The predicted octanol–water partition coefficient (Wildman–Crippen LogP) is 3.36. The number of amides is 3. The minimum Gasteiger partial charge on any atom is -0.489 e. The number of hydrogen-bond donors (Lipinski definition) is 3. The Morgan fingerprint density at radius 3 is 2.58 bits per heavy atom. The number of carbonyl (C=O) groups excluding carboxylic acids is 2. The molecule has 0 fully saturated rings. The SMILES string of the molecule is N#CCc1ccc(OCc2cccc(NC(=O)NCC(=O)NCc3ccco3)c2)cc1. The van der Waals surface area contributed by atoms with Crippen molar-refractivity contribution in [3.8, 4) is 11.8 Å². The number of rotatable bonds is 9. The van der Waals surface area contributed by atoms with Crippen LogP contribution < -0.4 is 20.7 Å². The molecule has 0 radical (unpaired) electrons. The second-order valence-electron chi connectivity index (χ2n) is 6.63. The van der Waals surface area contributed by atoms with Crippen molar-refractivity contribution in [3.63, 3.8) is 0 Å². The van der Waals surface area contributed by atoms with Gasteiger partial charge >= 0.3 is 6.03 Å². The van der Waals surface area contributed by atoms with E-state index in [9.17, 15) is 9.59 Å². The number of nitrogens with one attached hydrogen (secondary N) is 3. The van der Waals surface area contributed by atoms with Crippen molar-refractivity contribution >= 4 is 17.6 Å². The van der Waals surface area contributed by atoms with Crippen LogP contribution in [0.25, 0.3) is 0 Å². The third-order valence-electron chi connectivity index (χ3n) is 4.25. The quantitative estimate of drug-likeness (QED) is 0.493. The average molecular weight is 418 g/mol. The van der Waals surface area contributed by atoms with E-state index in [0.29, 0.717) is 30.2 Å². The lowest BCUT2D eigenvalue weighted by molar-refractivity contribution is -0.120. The molecule has 0 bridgehead atoms. The van der Waals surface area contributed by atoms with Crippen LogP contribution in [0.2, 0.25) is 0 Å². The molecule has 0 spiro atoms. The predicted molar refractivity (Wildman–Crippen MR) is 114 cm³/mol. The van der Waals surface area contributed by atoms with Crippen LogP contribution in [0.4, 0.5) is 10.5 Å². The van der Waals surface area contributed by atoms with Crippen molar-refractivity contribution in [1.82, 2.24) is 10.6 Å². The van der Waals surface area contributed by atoms with Gasteiger partial charge in [-0.2, -0.15) is 5.26 Å². The van der Waals surface area contributed by atoms with Gasteiger partial charge in [0, 0.05) is 5.69 Å². The van der Waals surface area contributed by atoms with Gasteiger partial charge < -0.3 is 25.1 Å². The minimum atomic E-state index is -0.487. The molecule has 0 aliphatic carbocycles. The summed E-state index contributed by atoms with van der Waals surface area (Å²) in [7, 11) is 0. The highest BCUT2D eigenvalue weighted by Crippen LogP contribution is 2.16. The Hall–Kier alpha value is -4.25. The van der Waals surface area contributed by atoms with Crippen molar-refractivity contribution < 1.29 is 18.7 Å². The Morgan fingerprint density at radius 2 is 1.84 bits per heavy atom. The fourth-order valence-corrected chi connectivity index (χ4v) is 2.70.